The van der Waals surface area contributed by atoms with Gasteiger partial charge in [0.05, 0.1) is 17.5 Å². The summed E-state index contributed by atoms with van der Waals surface area (Å²) in [4.78, 5) is 30.9. The lowest BCUT2D eigenvalue weighted by Crippen LogP contribution is -2.48. The summed E-state index contributed by atoms with van der Waals surface area (Å²) in [5, 5.41) is 10.8. The van der Waals surface area contributed by atoms with Crippen molar-refractivity contribution in [3.8, 4) is 0 Å². The molecule has 1 spiro atoms. The molecule has 1 amide bonds. The zero-order valence-electron chi connectivity index (χ0n) is 24.3. The van der Waals surface area contributed by atoms with E-state index in [1.54, 1.807) is 7.11 Å². The van der Waals surface area contributed by atoms with Gasteiger partial charge in [-0.3, -0.25) is 4.79 Å². The maximum Gasteiger partial charge on any atom is 0.410 e. The first-order chi connectivity index (χ1) is 19.2. The van der Waals surface area contributed by atoms with Gasteiger partial charge in [-0.05, 0) is 100 Å². The van der Waals surface area contributed by atoms with E-state index >= 15 is 0 Å². The molecule has 1 aromatic carbocycles. The number of aliphatic hydroxyl groups excluding tert-OH is 1. The molecule has 6 rings (SSSR count). The van der Waals surface area contributed by atoms with Gasteiger partial charge in [-0.15, -0.1) is 11.3 Å². The normalized spacial score (nSPS) is 28.9. The monoisotopic (exact) mass is 565 g/mol. The molecule has 1 saturated heterocycles. The summed E-state index contributed by atoms with van der Waals surface area (Å²) in [6.45, 7) is 8.25. The van der Waals surface area contributed by atoms with E-state index in [0.717, 1.165) is 65.0 Å². The number of amides is 1. The second-order valence-corrected chi connectivity index (χ2v) is 13.6. The van der Waals surface area contributed by atoms with E-state index in [9.17, 15) is 14.7 Å². The molecule has 7 heteroatoms. The number of carbonyl (C=O) groups excluding carboxylic acids is 2. The first-order valence-corrected chi connectivity index (χ1v) is 15.5. The Labute approximate surface area is 242 Å². The number of ketones is 1. The van der Waals surface area contributed by atoms with Crippen molar-refractivity contribution in [1.29, 1.82) is 0 Å². The van der Waals surface area contributed by atoms with E-state index in [0.29, 0.717) is 32.5 Å². The summed E-state index contributed by atoms with van der Waals surface area (Å²) in [7, 11) is 1.68. The zero-order valence-corrected chi connectivity index (χ0v) is 25.1. The van der Waals surface area contributed by atoms with Crippen LogP contribution >= 0.6 is 11.3 Å². The Morgan fingerprint density at radius 3 is 2.77 bits per heavy atom. The standard InChI is InChI=1S/C33H43NO5S/c1-22-7-5-15-32(3)28(14-16-33(32)21-34(31(37)39-33)17-6-18-38-4)26-12-10-24(19-25(35)11-8-22)20-27(26)30(36)29-13-9-23(2)40-29/h7,9-10,12-13,20,25,28,35H,5-6,8,11,14-19,21H2,1-4H3. The number of nitrogens with zero attached hydrogens (tertiary/aromatic N) is 1. The van der Waals surface area contributed by atoms with E-state index in [1.807, 2.05) is 30.0 Å². The largest absolute Gasteiger partial charge is 0.440 e. The van der Waals surface area contributed by atoms with Gasteiger partial charge in [0, 0.05) is 36.1 Å². The molecule has 4 aliphatic rings. The lowest BCUT2D eigenvalue weighted by Gasteiger charge is -2.43. The fourth-order valence-corrected chi connectivity index (χ4v) is 8.06. The highest BCUT2D eigenvalue weighted by atomic mass is 32.1. The summed E-state index contributed by atoms with van der Waals surface area (Å²) < 4.78 is 11.6. The smallest absolute Gasteiger partial charge is 0.410 e. The molecule has 0 radical (unpaired) electrons. The molecule has 1 N–H and O–H groups in total. The lowest BCUT2D eigenvalue weighted by atomic mass is 9.65. The predicted molar refractivity (Wildman–Crippen MR) is 158 cm³/mol. The lowest BCUT2D eigenvalue weighted by molar-refractivity contribution is -0.0373. The second kappa shape index (κ2) is 11.8. The van der Waals surface area contributed by atoms with Gasteiger partial charge in [-0.1, -0.05) is 30.7 Å². The van der Waals surface area contributed by atoms with Gasteiger partial charge in [0.25, 0.3) is 0 Å². The Balaban J connectivity index is 1.58. The van der Waals surface area contributed by atoms with Gasteiger partial charge < -0.3 is 19.5 Å². The molecule has 6 nitrogen and oxygen atoms in total. The minimum atomic E-state index is -0.602. The van der Waals surface area contributed by atoms with Gasteiger partial charge >= 0.3 is 6.09 Å². The molecular formula is C33H43NO5S. The third kappa shape index (κ3) is 5.53. The maximum atomic E-state index is 14.0. The minimum Gasteiger partial charge on any atom is -0.440 e. The predicted octanol–water partition coefficient (Wildman–Crippen LogP) is 6.82. The molecular weight excluding hydrogens is 522 g/mol. The first-order valence-electron chi connectivity index (χ1n) is 14.7. The van der Waals surface area contributed by atoms with Crippen LogP contribution in [0.15, 0.2) is 42.0 Å². The third-order valence-electron chi connectivity index (χ3n) is 9.61. The fourth-order valence-electron chi connectivity index (χ4n) is 7.24. The maximum absolute atomic E-state index is 14.0. The van der Waals surface area contributed by atoms with E-state index in [-0.39, 0.29) is 23.2 Å². The molecule has 2 aromatic rings. The number of thiophene rings is 1. The number of benzene rings is 1. The highest BCUT2D eigenvalue weighted by Crippen LogP contribution is 2.61. The molecule has 1 aliphatic heterocycles. The molecule has 1 aromatic heterocycles. The minimum absolute atomic E-state index is 0.0418. The number of hydrogen-bond acceptors (Lipinski definition) is 6. The van der Waals surface area contributed by atoms with Crippen molar-refractivity contribution in [2.45, 2.75) is 89.8 Å². The van der Waals surface area contributed by atoms with Gasteiger partial charge in [-0.25, -0.2) is 4.79 Å². The van der Waals surface area contributed by atoms with E-state index in [1.165, 1.54) is 16.9 Å². The first kappa shape index (κ1) is 29.0. The van der Waals surface area contributed by atoms with Gasteiger partial charge in [-0.2, -0.15) is 0 Å². The Morgan fingerprint density at radius 2 is 2.02 bits per heavy atom. The van der Waals surface area contributed by atoms with E-state index in [4.69, 9.17) is 9.47 Å². The van der Waals surface area contributed by atoms with Crippen LogP contribution in [-0.4, -0.2) is 60.4 Å². The molecule has 216 valence electrons. The van der Waals surface area contributed by atoms with E-state index < -0.39 is 11.7 Å². The Kier molecular flexibility index (Phi) is 8.55. The highest BCUT2D eigenvalue weighted by molar-refractivity contribution is 7.14. The number of ether oxygens (including phenoxy) is 2. The van der Waals surface area contributed by atoms with Gasteiger partial charge in [0.1, 0.15) is 5.60 Å². The van der Waals surface area contributed by atoms with Crippen molar-refractivity contribution < 1.29 is 24.2 Å². The summed E-state index contributed by atoms with van der Waals surface area (Å²) in [5.41, 5.74) is 3.09. The van der Waals surface area contributed by atoms with Crippen molar-refractivity contribution in [3.63, 3.8) is 0 Å². The molecule has 4 atom stereocenters. The van der Waals surface area contributed by atoms with E-state index in [2.05, 4.69) is 32.1 Å². The molecule has 40 heavy (non-hydrogen) atoms. The average molecular weight is 566 g/mol. The number of carbonyl (C=O) groups is 2. The average Bonchev–Trinajstić information content (AvgIpc) is 3.58. The van der Waals surface area contributed by atoms with Crippen LogP contribution in [0.1, 0.15) is 96.0 Å². The van der Waals surface area contributed by atoms with Crippen LogP contribution in [-0.2, 0) is 15.9 Å². The highest BCUT2D eigenvalue weighted by Gasteiger charge is 2.63. The van der Waals surface area contributed by atoms with Crippen LogP contribution < -0.4 is 0 Å². The van der Waals surface area contributed by atoms with Crippen LogP contribution in [0.3, 0.4) is 0 Å². The fraction of sp³-hybridized carbons (Fsp3) is 0.576. The number of fused-ring (bicyclic) bond motifs is 8. The molecule has 1 saturated carbocycles. The molecule has 2 bridgehead atoms. The van der Waals surface area contributed by atoms with Crippen LogP contribution in [0.5, 0.6) is 0 Å². The van der Waals surface area contributed by atoms with Crippen molar-refractivity contribution in [2.24, 2.45) is 5.41 Å². The Bertz CT molecular complexity index is 1280. The number of methoxy groups -OCH3 is 1. The van der Waals surface area contributed by atoms with Gasteiger partial charge in [0.15, 0.2) is 0 Å². The number of hydrogen-bond donors (Lipinski definition) is 1. The summed E-state index contributed by atoms with van der Waals surface area (Å²) in [6.07, 6.45) is 7.77. The summed E-state index contributed by atoms with van der Waals surface area (Å²) >= 11 is 1.53. The number of rotatable bonds is 6. The van der Waals surface area contributed by atoms with Crippen molar-refractivity contribution in [2.75, 3.05) is 26.8 Å². The van der Waals surface area contributed by atoms with Crippen LogP contribution in [0, 0.1) is 12.3 Å². The molecule has 2 heterocycles. The Hall–Kier alpha value is -2.48. The second-order valence-electron chi connectivity index (χ2n) is 12.3. The number of aryl methyl sites for hydroxylation is 1. The summed E-state index contributed by atoms with van der Waals surface area (Å²) in [5.74, 6) is 0.107. The van der Waals surface area contributed by atoms with Crippen molar-refractivity contribution in [3.05, 3.63) is 68.4 Å². The van der Waals surface area contributed by atoms with Crippen LogP contribution in [0.25, 0.3) is 0 Å². The zero-order chi connectivity index (χ0) is 28.5. The number of aliphatic hydroxyl groups is 1. The molecule has 4 unspecified atom stereocenters. The molecule has 3 aliphatic carbocycles. The van der Waals surface area contributed by atoms with Crippen LogP contribution in [0.2, 0.25) is 0 Å². The van der Waals surface area contributed by atoms with Crippen molar-refractivity contribution in [1.82, 2.24) is 4.90 Å². The SMILES string of the molecule is COCCCN1CC2(CCC3c4ccc(cc4C(=O)c4ccc(C)s4)CC(O)CCC(C)=CCCC32C)OC1=O. The topological polar surface area (TPSA) is 76.1 Å². The van der Waals surface area contributed by atoms with Crippen molar-refractivity contribution >= 4 is 23.2 Å². The number of allylic oxidation sites excluding steroid dienone is 2. The van der Waals surface area contributed by atoms with Crippen LogP contribution in [0.4, 0.5) is 4.79 Å². The van der Waals surface area contributed by atoms with Gasteiger partial charge in [0.2, 0.25) is 5.78 Å². The quantitative estimate of drug-likeness (QED) is 0.236. The third-order valence-corrected chi connectivity index (χ3v) is 10.6. The summed E-state index contributed by atoms with van der Waals surface area (Å²) in [6, 6.07) is 10.2. The molecule has 2 fully saturated rings. The Morgan fingerprint density at radius 1 is 1.20 bits per heavy atom.